The van der Waals surface area contributed by atoms with E-state index < -0.39 is 0 Å². The van der Waals surface area contributed by atoms with Crippen molar-refractivity contribution in [2.45, 2.75) is 77.7 Å². The number of halogens is 1. The molecule has 0 unspecified atom stereocenters. The summed E-state index contributed by atoms with van der Waals surface area (Å²) in [5, 5.41) is 7.10. The minimum absolute atomic E-state index is 0. The van der Waals surface area contributed by atoms with Crippen molar-refractivity contribution < 1.29 is 9.53 Å². The molecule has 0 atom stereocenters. The van der Waals surface area contributed by atoms with Gasteiger partial charge in [0.05, 0.1) is 12.5 Å². The summed E-state index contributed by atoms with van der Waals surface area (Å²) in [6.07, 6.45) is 10.4. The average Bonchev–Trinajstić information content (AvgIpc) is 3.09. The predicted octanol–water partition coefficient (Wildman–Crippen LogP) is 3.86. The van der Waals surface area contributed by atoms with E-state index >= 15 is 0 Å². The number of aliphatic imine (C=N–C) groups is 1. The maximum absolute atomic E-state index is 11.8. The van der Waals surface area contributed by atoms with Gasteiger partial charge in [-0.05, 0) is 57.3 Å². The van der Waals surface area contributed by atoms with E-state index in [0.717, 1.165) is 38.2 Å². The van der Waals surface area contributed by atoms with Crippen LogP contribution in [0.3, 0.4) is 0 Å². The molecule has 2 aliphatic rings. The van der Waals surface area contributed by atoms with Crippen LogP contribution < -0.4 is 10.6 Å². The second-order valence-corrected chi connectivity index (χ2v) is 7.43. The summed E-state index contributed by atoms with van der Waals surface area (Å²) in [5.41, 5.74) is 0.458. The molecule has 0 aliphatic heterocycles. The fraction of sp³-hybridized carbons (Fsp3) is 0.895. The highest BCUT2D eigenvalue weighted by molar-refractivity contribution is 14.0. The smallest absolute Gasteiger partial charge is 0.308 e. The molecule has 0 heterocycles. The van der Waals surface area contributed by atoms with Crippen molar-refractivity contribution in [2.24, 2.45) is 16.3 Å². The number of carbonyl (C=O) groups excluding carboxylic acids is 1. The Balaban J connectivity index is 0.00000312. The lowest BCUT2D eigenvalue weighted by molar-refractivity contribution is -0.149. The van der Waals surface area contributed by atoms with Crippen LogP contribution in [0.1, 0.15) is 71.6 Å². The van der Waals surface area contributed by atoms with Crippen LogP contribution in [0, 0.1) is 11.3 Å². The Labute approximate surface area is 170 Å². The molecule has 2 rings (SSSR count). The van der Waals surface area contributed by atoms with Gasteiger partial charge in [-0.25, -0.2) is 0 Å². The van der Waals surface area contributed by atoms with Gasteiger partial charge < -0.3 is 15.4 Å². The highest BCUT2D eigenvalue weighted by Crippen LogP contribution is 2.40. The van der Waals surface area contributed by atoms with Crippen LogP contribution in [-0.4, -0.2) is 38.2 Å². The third kappa shape index (κ3) is 6.61. The summed E-state index contributed by atoms with van der Waals surface area (Å²) >= 11 is 0. The fourth-order valence-electron chi connectivity index (χ4n) is 4.17. The summed E-state index contributed by atoms with van der Waals surface area (Å²) in [6, 6.07) is 0.406. The van der Waals surface area contributed by atoms with Crippen molar-refractivity contribution in [3.8, 4) is 0 Å². The van der Waals surface area contributed by atoms with Gasteiger partial charge in [-0.2, -0.15) is 0 Å². The average molecular weight is 465 g/mol. The van der Waals surface area contributed by atoms with Crippen LogP contribution in [0.4, 0.5) is 0 Å². The standard InChI is InChI=1S/C19H35N3O2.HI/c1-4-19(12-6-7-13-19)14-21-18(20-3)22-16-10-8-15(9-11-16)17(23)24-5-2;/h15-16H,4-14H2,1-3H3,(H2,20,21,22);1H. The zero-order chi connectivity index (χ0) is 17.4. The summed E-state index contributed by atoms with van der Waals surface area (Å²) < 4.78 is 5.14. The molecule has 6 heteroatoms. The van der Waals surface area contributed by atoms with Crippen molar-refractivity contribution >= 4 is 35.9 Å². The molecule has 0 amide bonds. The summed E-state index contributed by atoms with van der Waals surface area (Å²) in [5.74, 6) is 0.971. The van der Waals surface area contributed by atoms with E-state index in [4.69, 9.17) is 4.74 Å². The molecule has 0 radical (unpaired) electrons. The van der Waals surface area contributed by atoms with Crippen LogP contribution in [0.25, 0.3) is 0 Å². The maximum atomic E-state index is 11.8. The minimum Gasteiger partial charge on any atom is -0.466 e. The van der Waals surface area contributed by atoms with E-state index in [-0.39, 0.29) is 35.9 Å². The van der Waals surface area contributed by atoms with E-state index in [0.29, 0.717) is 18.1 Å². The zero-order valence-electron chi connectivity index (χ0n) is 16.1. The Morgan fingerprint density at radius 2 is 1.80 bits per heavy atom. The summed E-state index contributed by atoms with van der Waals surface area (Å²) in [7, 11) is 1.84. The third-order valence-corrected chi connectivity index (χ3v) is 5.96. The molecule has 0 spiro atoms. The Bertz CT molecular complexity index is 428. The van der Waals surface area contributed by atoms with Crippen molar-refractivity contribution in [1.82, 2.24) is 10.6 Å². The second kappa shape index (κ2) is 11.2. The molecule has 5 nitrogen and oxygen atoms in total. The number of esters is 1. The molecule has 0 aromatic heterocycles. The van der Waals surface area contributed by atoms with E-state index in [9.17, 15) is 4.79 Å². The molecule has 0 aromatic rings. The third-order valence-electron chi connectivity index (χ3n) is 5.96. The van der Waals surface area contributed by atoms with Gasteiger partial charge in [0.25, 0.3) is 0 Å². The maximum Gasteiger partial charge on any atom is 0.308 e. The molecule has 2 N–H and O–H groups in total. The summed E-state index contributed by atoms with van der Waals surface area (Å²) in [6.45, 7) is 5.67. The predicted molar refractivity (Wildman–Crippen MR) is 113 cm³/mol. The molecule has 2 aliphatic carbocycles. The first-order valence-electron chi connectivity index (χ1n) is 9.76. The Hall–Kier alpha value is -0.530. The molecule has 146 valence electrons. The highest BCUT2D eigenvalue weighted by atomic mass is 127. The van der Waals surface area contributed by atoms with Gasteiger partial charge in [-0.15, -0.1) is 24.0 Å². The van der Waals surface area contributed by atoms with Crippen molar-refractivity contribution in [2.75, 3.05) is 20.2 Å². The first-order chi connectivity index (χ1) is 11.6. The van der Waals surface area contributed by atoms with Crippen LogP contribution in [0.2, 0.25) is 0 Å². The fourth-order valence-corrected chi connectivity index (χ4v) is 4.17. The van der Waals surface area contributed by atoms with Crippen LogP contribution in [0.15, 0.2) is 4.99 Å². The van der Waals surface area contributed by atoms with Gasteiger partial charge in [0.2, 0.25) is 0 Å². The topological polar surface area (TPSA) is 62.7 Å². The van der Waals surface area contributed by atoms with E-state index in [1.54, 1.807) is 0 Å². The highest BCUT2D eigenvalue weighted by Gasteiger charge is 2.32. The van der Waals surface area contributed by atoms with E-state index in [1.165, 1.54) is 32.1 Å². The molecule has 2 saturated carbocycles. The van der Waals surface area contributed by atoms with Crippen LogP contribution in [0.5, 0.6) is 0 Å². The molecule has 0 saturated heterocycles. The van der Waals surface area contributed by atoms with Crippen molar-refractivity contribution in [3.05, 3.63) is 0 Å². The first kappa shape index (κ1) is 22.5. The van der Waals surface area contributed by atoms with Crippen molar-refractivity contribution in [3.63, 3.8) is 0 Å². The number of hydrogen-bond acceptors (Lipinski definition) is 3. The number of hydrogen-bond donors (Lipinski definition) is 2. The van der Waals surface area contributed by atoms with Gasteiger partial charge in [0, 0.05) is 19.6 Å². The Morgan fingerprint density at radius 1 is 1.16 bits per heavy atom. The van der Waals surface area contributed by atoms with Crippen LogP contribution >= 0.6 is 24.0 Å². The monoisotopic (exact) mass is 465 g/mol. The zero-order valence-corrected chi connectivity index (χ0v) is 18.4. The number of rotatable bonds is 6. The van der Waals surface area contributed by atoms with Gasteiger partial charge in [0.15, 0.2) is 5.96 Å². The molecular weight excluding hydrogens is 429 g/mol. The number of nitrogens with zero attached hydrogens (tertiary/aromatic N) is 1. The number of guanidine groups is 1. The first-order valence-corrected chi connectivity index (χ1v) is 9.76. The Kier molecular flexibility index (Phi) is 10.1. The quantitative estimate of drug-likeness (QED) is 0.271. The minimum atomic E-state index is -0.0235. The molecule has 0 aromatic carbocycles. The van der Waals surface area contributed by atoms with Gasteiger partial charge >= 0.3 is 5.97 Å². The lowest BCUT2D eigenvalue weighted by Gasteiger charge is -2.31. The number of ether oxygens (including phenoxy) is 1. The van der Waals surface area contributed by atoms with Crippen LogP contribution in [-0.2, 0) is 9.53 Å². The molecular formula is C19H36IN3O2. The lowest BCUT2D eigenvalue weighted by Crippen LogP contribution is -2.48. The lowest BCUT2D eigenvalue weighted by atomic mass is 9.83. The SMILES string of the molecule is CCOC(=O)C1CCC(NC(=NC)NCC2(CC)CCCC2)CC1.I. The normalized spacial score (nSPS) is 25.8. The Morgan fingerprint density at radius 3 is 2.32 bits per heavy atom. The largest absolute Gasteiger partial charge is 0.466 e. The number of nitrogens with one attached hydrogen (secondary N) is 2. The van der Waals surface area contributed by atoms with Gasteiger partial charge in [-0.3, -0.25) is 9.79 Å². The van der Waals surface area contributed by atoms with E-state index in [2.05, 4.69) is 22.5 Å². The van der Waals surface area contributed by atoms with E-state index in [1.807, 2.05) is 14.0 Å². The molecule has 2 fully saturated rings. The molecule has 0 bridgehead atoms. The summed E-state index contributed by atoms with van der Waals surface area (Å²) in [4.78, 5) is 16.2. The van der Waals surface area contributed by atoms with Crippen molar-refractivity contribution in [1.29, 1.82) is 0 Å². The van der Waals surface area contributed by atoms with Gasteiger partial charge in [0.1, 0.15) is 0 Å². The second-order valence-electron chi connectivity index (χ2n) is 7.43. The number of carbonyl (C=O) groups is 1. The van der Waals surface area contributed by atoms with Gasteiger partial charge in [-0.1, -0.05) is 19.8 Å². The molecule has 25 heavy (non-hydrogen) atoms.